The van der Waals surface area contributed by atoms with Gasteiger partial charge < -0.3 is 9.94 Å². The van der Waals surface area contributed by atoms with Gasteiger partial charge in [-0.05, 0) is 43.5 Å². The molecule has 0 unspecified atom stereocenters. The number of carbonyl (C=O) groups excluding carboxylic acids is 1. The van der Waals surface area contributed by atoms with Crippen molar-refractivity contribution in [3.05, 3.63) is 59.8 Å². The van der Waals surface area contributed by atoms with Crippen molar-refractivity contribution in [3.63, 3.8) is 0 Å². The highest BCUT2D eigenvalue weighted by Crippen LogP contribution is 2.20. The fourth-order valence-electron chi connectivity index (χ4n) is 3.09. The lowest BCUT2D eigenvalue weighted by Crippen LogP contribution is -2.35. The summed E-state index contributed by atoms with van der Waals surface area (Å²) in [6.45, 7) is 3.79. The van der Waals surface area contributed by atoms with Gasteiger partial charge in [0.2, 0.25) is 11.7 Å². The fourth-order valence-corrected chi connectivity index (χ4v) is 3.09. The summed E-state index contributed by atoms with van der Waals surface area (Å²) in [7, 11) is 0. The molecular weight excluding hydrogens is 366 g/mol. The van der Waals surface area contributed by atoms with E-state index in [0.717, 1.165) is 38.7 Å². The van der Waals surface area contributed by atoms with Crippen molar-refractivity contribution in [2.75, 3.05) is 19.7 Å². The normalized spacial score (nSPS) is 15.4. The van der Waals surface area contributed by atoms with Gasteiger partial charge in [0.25, 0.3) is 0 Å². The highest BCUT2D eigenvalue weighted by atomic mass is 35.5. The second-order valence-electron chi connectivity index (χ2n) is 6.51. The van der Waals surface area contributed by atoms with Crippen molar-refractivity contribution in [2.45, 2.75) is 19.4 Å². The van der Waals surface area contributed by atoms with Crippen LogP contribution < -0.4 is 4.74 Å². The predicted molar refractivity (Wildman–Crippen MR) is 106 cm³/mol. The monoisotopic (exact) mass is 389 g/mol. The van der Waals surface area contributed by atoms with Crippen LogP contribution in [-0.2, 0) is 6.54 Å². The zero-order valence-corrected chi connectivity index (χ0v) is 15.8. The Morgan fingerprint density at radius 2 is 1.96 bits per heavy atom. The van der Waals surface area contributed by atoms with Crippen molar-refractivity contribution in [1.29, 1.82) is 0 Å². The number of oxime groups is 1. The maximum atomic E-state index is 11.5. The summed E-state index contributed by atoms with van der Waals surface area (Å²) in [6.07, 6.45) is 4.50. The van der Waals surface area contributed by atoms with E-state index < -0.39 is 5.78 Å². The Hall–Kier alpha value is -2.44. The number of halogens is 1. The number of Topliss-reactive ketones (excluding diaryl/α,β-unsaturated/α-hetero) is 1. The van der Waals surface area contributed by atoms with Crippen molar-refractivity contribution >= 4 is 24.4 Å². The molecule has 0 aliphatic carbocycles. The number of pyridine rings is 1. The van der Waals surface area contributed by atoms with Gasteiger partial charge in [-0.2, -0.15) is 0 Å². The quantitative estimate of drug-likeness (QED) is 0.340. The van der Waals surface area contributed by atoms with Crippen LogP contribution in [0, 0.1) is 5.92 Å². The molecule has 6 nitrogen and oxygen atoms in total. The highest BCUT2D eigenvalue weighted by Gasteiger charge is 2.20. The first kappa shape index (κ1) is 20.9. The lowest BCUT2D eigenvalue weighted by Gasteiger charge is -2.31. The smallest absolute Gasteiger partial charge is 0.213 e. The number of ketones is 1. The number of likely N-dealkylation sites (tertiary alicyclic amines) is 1. The van der Waals surface area contributed by atoms with Gasteiger partial charge >= 0.3 is 0 Å². The minimum atomic E-state index is -0.391. The predicted octanol–water partition coefficient (Wildman–Crippen LogP) is 3.44. The van der Waals surface area contributed by atoms with E-state index >= 15 is 0 Å². The number of hydrogen-bond acceptors (Lipinski definition) is 6. The second kappa shape index (κ2) is 10.6. The lowest BCUT2D eigenvalue weighted by molar-refractivity contribution is 0.106. The third-order valence-corrected chi connectivity index (χ3v) is 4.62. The van der Waals surface area contributed by atoms with Crippen molar-refractivity contribution in [3.8, 4) is 5.88 Å². The van der Waals surface area contributed by atoms with E-state index in [9.17, 15) is 4.79 Å². The van der Waals surface area contributed by atoms with E-state index in [1.165, 1.54) is 11.8 Å². The zero-order chi connectivity index (χ0) is 18.2. The molecule has 1 aliphatic heterocycles. The van der Waals surface area contributed by atoms with Crippen molar-refractivity contribution < 1.29 is 14.7 Å². The number of ether oxygens (including phenoxy) is 1. The summed E-state index contributed by atoms with van der Waals surface area (Å²) >= 11 is 0. The molecule has 1 saturated heterocycles. The first-order valence-electron chi connectivity index (χ1n) is 8.81. The SMILES string of the molecule is Cl.O=C(C=NO)c1ccc(OCC2CCN(Cc3ccccc3)CC2)nc1. The molecule has 0 atom stereocenters. The summed E-state index contributed by atoms with van der Waals surface area (Å²) in [5.41, 5.74) is 1.72. The molecular formula is C20H24ClN3O3. The van der Waals surface area contributed by atoms with Gasteiger partial charge in [-0.15, -0.1) is 12.4 Å². The van der Waals surface area contributed by atoms with Gasteiger partial charge in [-0.3, -0.25) is 9.69 Å². The van der Waals surface area contributed by atoms with Crippen LogP contribution in [0.1, 0.15) is 28.8 Å². The van der Waals surface area contributed by atoms with Crippen LogP contribution >= 0.6 is 12.4 Å². The number of nitrogens with zero attached hydrogens (tertiary/aromatic N) is 3. The van der Waals surface area contributed by atoms with Crippen LogP contribution in [0.15, 0.2) is 53.8 Å². The number of aromatic nitrogens is 1. The first-order valence-corrected chi connectivity index (χ1v) is 8.81. The van der Waals surface area contributed by atoms with E-state index in [1.807, 2.05) is 6.07 Å². The van der Waals surface area contributed by atoms with Gasteiger partial charge in [-0.25, -0.2) is 4.98 Å². The molecule has 0 saturated carbocycles. The molecule has 0 radical (unpaired) electrons. The highest BCUT2D eigenvalue weighted by molar-refractivity contribution is 6.35. The number of carbonyl (C=O) groups is 1. The van der Waals surface area contributed by atoms with Gasteiger partial charge in [-0.1, -0.05) is 35.5 Å². The molecule has 0 amide bonds. The molecule has 1 aromatic heterocycles. The molecule has 2 heterocycles. The molecule has 144 valence electrons. The summed E-state index contributed by atoms with van der Waals surface area (Å²) in [5, 5.41) is 11.1. The Balaban J connectivity index is 0.00000261. The Kier molecular flexibility index (Phi) is 8.23. The first-order chi connectivity index (χ1) is 12.7. The molecule has 7 heteroatoms. The maximum Gasteiger partial charge on any atom is 0.213 e. The summed E-state index contributed by atoms with van der Waals surface area (Å²) < 4.78 is 5.77. The molecule has 0 bridgehead atoms. The molecule has 2 aromatic rings. The molecule has 1 N–H and O–H groups in total. The standard InChI is InChI=1S/C20H23N3O3.ClH/c24-19(13-22-25)18-6-7-20(21-12-18)26-15-17-8-10-23(11-9-17)14-16-4-2-1-3-5-16;/h1-7,12-13,17,25H,8-11,14-15H2;1H. The van der Waals surface area contributed by atoms with Crippen LogP contribution in [0.3, 0.4) is 0 Å². The molecule has 3 rings (SSSR count). The lowest BCUT2D eigenvalue weighted by atomic mass is 9.97. The maximum absolute atomic E-state index is 11.5. The van der Waals surface area contributed by atoms with Crippen LogP contribution in [0.25, 0.3) is 0 Å². The second-order valence-corrected chi connectivity index (χ2v) is 6.51. The molecule has 0 spiro atoms. The van der Waals surface area contributed by atoms with Gasteiger partial charge in [0.15, 0.2) is 0 Å². The third kappa shape index (κ3) is 6.34. The summed E-state index contributed by atoms with van der Waals surface area (Å²) in [5.74, 6) is 0.637. The van der Waals surface area contributed by atoms with E-state index in [4.69, 9.17) is 9.94 Å². The summed E-state index contributed by atoms with van der Waals surface area (Å²) in [4.78, 5) is 18.1. The average molecular weight is 390 g/mol. The number of benzene rings is 1. The molecule has 27 heavy (non-hydrogen) atoms. The number of hydrogen-bond donors (Lipinski definition) is 1. The minimum absolute atomic E-state index is 0. The fraction of sp³-hybridized carbons (Fsp3) is 0.350. The van der Waals surface area contributed by atoms with Gasteiger partial charge in [0.1, 0.15) is 6.21 Å². The Labute approximate surface area is 165 Å². The molecule has 1 aromatic carbocycles. The van der Waals surface area contributed by atoms with Crippen molar-refractivity contribution in [1.82, 2.24) is 9.88 Å². The van der Waals surface area contributed by atoms with E-state index in [2.05, 4.69) is 39.3 Å². The number of piperidine rings is 1. The number of rotatable bonds is 7. The van der Waals surface area contributed by atoms with E-state index in [1.54, 1.807) is 12.1 Å². The average Bonchev–Trinajstić information content (AvgIpc) is 2.69. The van der Waals surface area contributed by atoms with Gasteiger partial charge in [0.05, 0.1) is 6.61 Å². The summed E-state index contributed by atoms with van der Waals surface area (Å²) in [6, 6.07) is 13.8. The Morgan fingerprint density at radius 1 is 1.22 bits per heavy atom. The van der Waals surface area contributed by atoms with E-state index in [0.29, 0.717) is 24.0 Å². The van der Waals surface area contributed by atoms with E-state index in [-0.39, 0.29) is 12.4 Å². The minimum Gasteiger partial charge on any atom is -0.477 e. The molecule has 1 fully saturated rings. The van der Waals surface area contributed by atoms with Crippen LogP contribution in [0.5, 0.6) is 5.88 Å². The zero-order valence-electron chi connectivity index (χ0n) is 15.0. The van der Waals surface area contributed by atoms with Crippen LogP contribution in [0.4, 0.5) is 0 Å². The Morgan fingerprint density at radius 3 is 2.59 bits per heavy atom. The largest absolute Gasteiger partial charge is 0.477 e. The van der Waals surface area contributed by atoms with Crippen LogP contribution in [-0.4, -0.2) is 46.8 Å². The molecule has 1 aliphatic rings. The van der Waals surface area contributed by atoms with Crippen molar-refractivity contribution in [2.24, 2.45) is 11.1 Å². The third-order valence-electron chi connectivity index (χ3n) is 4.62. The van der Waals surface area contributed by atoms with Gasteiger partial charge in [0, 0.05) is 24.4 Å². The topological polar surface area (TPSA) is 75.0 Å². The Bertz CT molecular complexity index is 730. The van der Waals surface area contributed by atoms with Crippen LogP contribution in [0.2, 0.25) is 0 Å².